The van der Waals surface area contributed by atoms with Gasteiger partial charge in [0.1, 0.15) is 11.4 Å². The number of halogens is 2. The van der Waals surface area contributed by atoms with Crippen molar-refractivity contribution in [1.29, 1.82) is 0 Å². The lowest BCUT2D eigenvalue weighted by atomic mass is 10.1. The highest BCUT2D eigenvalue weighted by molar-refractivity contribution is 9.10. The van der Waals surface area contributed by atoms with Crippen LogP contribution in [0.15, 0.2) is 27.3 Å². The Kier molecular flexibility index (Phi) is 3.78. The molecular formula is C14H17BrFNO. The first-order valence-electron chi connectivity index (χ1n) is 5.97. The second-order valence-corrected chi connectivity index (χ2v) is 6.31. The Bertz CT molecular complexity index is 557. The molecule has 4 heteroatoms. The third-order valence-corrected chi connectivity index (χ3v) is 3.31. The predicted octanol–water partition coefficient (Wildman–Crippen LogP) is 4.27. The van der Waals surface area contributed by atoms with Crippen LogP contribution in [0, 0.1) is 5.82 Å². The zero-order chi connectivity index (χ0) is 13.3. The van der Waals surface area contributed by atoms with Crippen molar-refractivity contribution < 1.29 is 8.81 Å². The molecule has 2 nitrogen and oxygen atoms in total. The van der Waals surface area contributed by atoms with Crippen LogP contribution in [0.1, 0.15) is 26.3 Å². The molecule has 0 spiro atoms. The fourth-order valence-corrected chi connectivity index (χ4v) is 2.40. The Hall–Kier alpha value is -0.870. The van der Waals surface area contributed by atoms with Crippen LogP contribution in [-0.4, -0.2) is 12.1 Å². The van der Waals surface area contributed by atoms with Crippen molar-refractivity contribution in [2.45, 2.75) is 32.7 Å². The summed E-state index contributed by atoms with van der Waals surface area (Å²) in [5.74, 6) is -0.249. The minimum absolute atomic E-state index is 0.0887. The minimum Gasteiger partial charge on any atom is -0.463 e. The molecule has 0 aliphatic rings. The summed E-state index contributed by atoms with van der Waals surface area (Å²) in [7, 11) is 0. The van der Waals surface area contributed by atoms with E-state index in [1.807, 2.05) is 0 Å². The van der Waals surface area contributed by atoms with Crippen molar-refractivity contribution in [2.24, 2.45) is 0 Å². The van der Waals surface area contributed by atoms with Gasteiger partial charge in [0.15, 0.2) is 0 Å². The average molecular weight is 314 g/mol. The van der Waals surface area contributed by atoms with Gasteiger partial charge in [0.05, 0.1) is 10.7 Å². The highest BCUT2D eigenvalue weighted by atomic mass is 79.9. The molecule has 0 saturated carbocycles. The standard InChI is InChI=1S/C14H17BrFNO/c1-14(2,3)17-5-4-9-8-18-13-11(9)6-10(16)7-12(13)15/h6-8,17H,4-5H2,1-3H3. The summed E-state index contributed by atoms with van der Waals surface area (Å²) in [6, 6.07) is 2.94. The molecule has 98 valence electrons. The molecule has 1 N–H and O–H groups in total. The predicted molar refractivity (Wildman–Crippen MR) is 75.3 cm³/mol. The van der Waals surface area contributed by atoms with Crippen LogP contribution >= 0.6 is 15.9 Å². The molecule has 18 heavy (non-hydrogen) atoms. The molecule has 2 rings (SSSR count). The molecule has 0 fully saturated rings. The van der Waals surface area contributed by atoms with E-state index in [9.17, 15) is 4.39 Å². The first kappa shape index (κ1) is 13.6. The summed E-state index contributed by atoms with van der Waals surface area (Å²) in [6.07, 6.45) is 2.53. The topological polar surface area (TPSA) is 25.2 Å². The van der Waals surface area contributed by atoms with Crippen LogP contribution in [-0.2, 0) is 6.42 Å². The second-order valence-electron chi connectivity index (χ2n) is 5.45. The quantitative estimate of drug-likeness (QED) is 0.915. The maximum absolute atomic E-state index is 13.4. The lowest BCUT2D eigenvalue weighted by Gasteiger charge is -2.20. The summed E-state index contributed by atoms with van der Waals surface area (Å²) in [5, 5.41) is 4.25. The van der Waals surface area contributed by atoms with Gasteiger partial charge in [-0.2, -0.15) is 0 Å². The maximum atomic E-state index is 13.4. The summed E-state index contributed by atoms with van der Waals surface area (Å²) < 4.78 is 19.5. The Balaban J connectivity index is 2.19. The van der Waals surface area contributed by atoms with Crippen molar-refractivity contribution in [2.75, 3.05) is 6.54 Å². The molecule has 2 aromatic rings. The molecule has 0 atom stereocenters. The third-order valence-electron chi connectivity index (χ3n) is 2.72. The molecule has 0 bridgehead atoms. The van der Waals surface area contributed by atoms with Crippen LogP contribution < -0.4 is 5.32 Å². The van der Waals surface area contributed by atoms with Gasteiger partial charge in [-0.05, 0) is 67.4 Å². The summed E-state index contributed by atoms with van der Waals surface area (Å²) in [6.45, 7) is 7.20. The number of rotatable bonds is 3. The van der Waals surface area contributed by atoms with E-state index in [0.29, 0.717) is 10.1 Å². The maximum Gasteiger partial charge on any atom is 0.148 e. The van der Waals surface area contributed by atoms with Crippen LogP contribution in [0.3, 0.4) is 0 Å². The molecule has 0 aliphatic heterocycles. The van der Waals surface area contributed by atoms with E-state index in [0.717, 1.165) is 23.9 Å². The summed E-state index contributed by atoms with van der Waals surface area (Å²) in [5.41, 5.74) is 1.83. The Labute approximate surface area is 115 Å². The Morgan fingerprint density at radius 2 is 2.06 bits per heavy atom. The highest BCUT2D eigenvalue weighted by Crippen LogP contribution is 2.29. The van der Waals surface area contributed by atoms with Crippen LogP contribution in [0.4, 0.5) is 4.39 Å². The third kappa shape index (κ3) is 3.12. The van der Waals surface area contributed by atoms with Crippen molar-refractivity contribution in [1.82, 2.24) is 5.32 Å². The van der Waals surface area contributed by atoms with Crippen LogP contribution in [0.25, 0.3) is 11.0 Å². The number of benzene rings is 1. The zero-order valence-electron chi connectivity index (χ0n) is 10.8. The lowest BCUT2D eigenvalue weighted by molar-refractivity contribution is 0.429. The first-order valence-corrected chi connectivity index (χ1v) is 6.76. The highest BCUT2D eigenvalue weighted by Gasteiger charge is 2.12. The van der Waals surface area contributed by atoms with Crippen molar-refractivity contribution in [3.05, 3.63) is 34.2 Å². The van der Waals surface area contributed by atoms with Gasteiger partial charge < -0.3 is 9.73 Å². The second kappa shape index (κ2) is 5.02. The van der Waals surface area contributed by atoms with Crippen molar-refractivity contribution in [3.63, 3.8) is 0 Å². The van der Waals surface area contributed by atoms with Gasteiger partial charge >= 0.3 is 0 Å². The molecule has 0 amide bonds. The summed E-state index contributed by atoms with van der Waals surface area (Å²) >= 11 is 3.31. The summed E-state index contributed by atoms with van der Waals surface area (Å²) in [4.78, 5) is 0. The number of fused-ring (bicyclic) bond motifs is 1. The number of hydrogen-bond acceptors (Lipinski definition) is 2. The minimum atomic E-state index is -0.249. The van der Waals surface area contributed by atoms with E-state index in [1.165, 1.54) is 12.1 Å². The van der Waals surface area contributed by atoms with Crippen LogP contribution in [0.5, 0.6) is 0 Å². The zero-order valence-corrected chi connectivity index (χ0v) is 12.4. The van der Waals surface area contributed by atoms with Gasteiger partial charge in [-0.25, -0.2) is 4.39 Å². The monoisotopic (exact) mass is 313 g/mol. The molecule has 1 aromatic heterocycles. The largest absolute Gasteiger partial charge is 0.463 e. The number of furan rings is 1. The Morgan fingerprint density at radius 3 is 2.72 bits per heavy atom. The lowest BCUT2D eigenvalue weighted by Crippen LogP contribution is -2.37. The number of hydrogen-bond donors (Lipinski definition) is 1. The van der Waals surface area contributed by atoms with E-state index in [1.54, 1.807) is 6.26 Å². The fourth-order valence-electron chi connectivity index (χ4n) is 1.88. The van der Waals surface area contributed by atoms with Gasteiger partial charge in [0, 0.05) is 10.9 Å². The van der Waals surface area contributed by atoms with E-state index < -0.39 is 0 Å². The molecule has 1 heterocycles. The van der Waals surface area contributed by atoms with Crippen molar-refractivity contribution in [3.8, 4) is 0 Å². The van der Waals surface area contributed by atoms with Gasteiger partial charge in [0.25, 0.3) is 0 Å². The normalized spacial score (nSPS) is 12.3. The van der Waals surface area contributed by atoms with Crippen molar-refractivity contribution >= 4 is 26.9 Å². The molecule has 0 radical (unpaired) electrons. The molecule has 0 saturated heterocycles. The average Bonchev–Trinajstić information content (AvgIpc) is 2.60. The van der Waals surface area contributed by atoms with E-state index in [2.05, 4.69) is 42.0 Å². The SMILES string of the molecule is CC(C)(C)NCCc1coc2c(Br)cc(F)cc12. The van der Waals surface area contributed by atoms with Gasteiger partial charge in [0.2, 0.25) is 0 Å². The number of nitrogens with one attached hydrogen (secondary N) is 1. The fraction of sp³-hybridized carbons (Fsp3) is 0.429. The van der Waals surface area contributed by atoms with E-state index in [-0.39, 0.29) is 11.4 Å². The van der Waals surface area contributed by atoms with Gasteiger partial charge in [-0.15, -0.1) is 0 Å². The smallest absolute Gasteiger partial charge is 0.148 e. The molecular weight excluding hydrogens is 297 g/mol. The van der Waals surface area contributed by atoms with E-state index in [4.69, 9.17) is 4.42 Å². The van der Waals surface area contributed by atoms with Gasteiger partial charge in [-0.1, -0.05) is 0 Å². The molecule has 1 aromatic carbocycles. The Morgan fingerprint density at radius 1 is 1.33 bits per heavy atom. The molecule has 0 aliphatic carbocycles. The molecule has 0 unspecified atom stereocenters. The van der Waals surface area contributed by atoms with Gasteiger partial charge in [-0.3, -0.25) is 0 Å². The first-order chi connectivity index (χ1) is 8.37. The van der Waals surface area contributed by atoms with E-state index >= 15 is 0 Å². The van der Waals surface area contributed by atoms with Crippen LogP contribution in [0.2, 0.25) is 0 Å².